The summed E-state index contributed by atoms with van der Waals surface area (Å²) in [5.41, 5.74) is 7.25. The molecule has 2 aromatic heterocycles. The Kier molecular flexibility index (Phi) is 5.59. The SMILES string of the molecule is CCOC(=O)C(C=NCCc1ccc2cccnc2n1)=CN. The Morgan fingerprint density at radius 1 is 1.41 bits per heavy atom. The topological polar surface area (TPSA) is 90.5 Å². The number of nitrogens with two attached hydrogens (primary N) is 1. The highest BCUT2D eigenvalue weighted by atomic mass is 16.5. The monoisotopic (exact) mass is 298 g/mol. The predicted octanol–water partition coefficient (Wildman–Crippen LogP) is 1.65. The molecule has 6 heteroatoms. The molecule has 0 aliphatic heterocycles. The number of pyridine rings is 2. The number of hydrogen-bond acceptors (Lipinski definition) is 6. The van der Waals surface area contributed by atoms with Crippen LogP contribution in [0.5, 0.6) is 0 Å². The average molecular weight is 298 g/mol. The molecular weight excluding hydrogens is 280 g/mol. The second kappa shape index (κ2) is 7.87. The highest BCUT2D eigenvalue weighted by Crippen LogP contribution is 2.09. The summed E-state index contributed by atoms with van der Waals surface area (Å²) in [7, 11) is 0. The normalized spacial score (nSPS) is 12.0. The van der Waals surface area contributed by atoms with Crippen molar-refractivity contribution < 1.29 is 9.53 Å². The van der Waals surface area contributed by atoms with E-state index in [1.54, 1.807) is 13.1 Å². The largest absolute Gasteiger partial charge is 0.462 e. The second-order valence-electron chi connectivity index (χ2n) is 4.48. The molecule has 0 spiro atoms. The Balaban J connectivity index is 1.94. The fourth-order valence-electron chi connectivity index (χ4n) is 1.85. The van der Waals surface area contributed by atoms with E-state index in [2.05, 4.69) is 15.0 Å². The third kappa shape index (κ3) is 4.12. The van der Waals surface area contributed by atoms with Crippen LogP contribution in [0.25, 0.3) is 11.0 Å². The van der Waals surface area contributed by atoms with Crippen LogP contribution in [0, 0.1) is 0 Å². The summed E-state index contributed by atoms with van der Waals surface area (Å²) in [4.78, 5) is 24.4. The molecule has 6 nitrogen and oxygen atoms in total. The van der Waals surface area contributed by atoms with Gasteiger partial charge >= 0.3 is 5.97 Å². The van der Waals surface area contributed by atoms with Gasteiger partial charge in [-0.3, -0.25) is 4.99 Å². The Morgan fingerprint density at radius 3 is 3.05 bits per heavy atom. The number of ether oxygens (including phenoxy) is 1. The van der Waals surface area contributed by atoms with E-state index in [9.17, 15) is 4.79 Å². The van der Waals surface area contributed by atoms with Crippen LogP contribution in [0.3, 0.4) is 0 Å². The van der Waals surface area contributed by atoms with E-state index in [0.29, 0.717) is 19.6 Å². The highest BCUT2D eigenvalue weighted by Gasteiger charge is 2.06. The van der Waals surface area contributed by atoms with Crippen molar-refractivity contribution in [2.24, 2.45) is 10.7 Å². The summed E-state index contributed by atoms with van der Waals surface area (Å²) in [6.07, 6.45) is 5.00. The fraction of sp³-hybridized carbons (Fsp3) is 0.250. The van der Waals surface area contributed by atoms with Crippen LogP contribution in [0.1, 0.15) is 12.6 Å². The molecule has 0 atom stereocenters. The molecule has 0 aromatic carbocycles. The third-order valence-corrected chi connectivity index (χ3v) is 2.94. The van der Waals surface area contributed by atoms with Crippen molar-refractivity contribution in [3.63, 3.8) is 0 Å². The van der Waals surface area contributed by atoms with Gasteiger partial charge in [0.1, 0.15) is 0 Å². The minimum Gasteiger partial charge on any atom is -0.462 e. The Hall–Kier alpha value is -2.76. The van der Waals surface area contributed by atoms with Crippen LogP contribution in [0.4, 0.5) is 0 Å². The van der Waals surface area contributed by atoms with E-state index < -0.39 is 5.97 Å². The first-order chi connectivity index (χ1) is 10.7. The van der Waals surface area contributed by atoms with E-state index in [0.717, 1.165) is 16.7 Å². The first kappa shape index (κ1) is 15.6. The van der Waals surface area contributed by atoms with Gasteiger partial charge in [-0.2, -0.15) is 0 Å². The molecule has 22 heavy (non-hydrogen) atoms. The molecule has 0 fully saturated rings. The molecule has 2 N–H and O–H groups in total. The molecule has 0 saturated carbocycles. The van der Waals surface area contributed by atoms with Crippen LogP contribution in [-0.4, -0.2) is 35.3 Å². The van der Waals surface area contributed by atoms with Gasteiger partial charge in [0.05, 0.1) is 12.2 Å². The number of carbonyl (C=O) groups excluding carboxylic acids is 1. The number of fused-ring (bicyclic) bond motifs is 1. The maximum atomic E-state index is 11.5. The number of hydrogen-bond donors (Lipinski definition) is 1. The van der Waals surface area contributed by atoms with Gasteiger partial charge in [0.2, 0.25) is 0 Å². The molecule has 0 aliphatic carbocycles. The minimum atomic E-state index is -0.471. The number of rotatable bonds is 6. The molecule has 0 saturated heterocycles. The van der Waals surface area contributed by atoms with E-state index in [-0.39, 0.29) is 5.57 Å². The second-order valence-corrected chi connectivity index (χ2v) is 4.48. The molecule has 2 rings (SSSR count). The van der Waals surface area contributed by atoms with Gasteiger partial charge in [-0.1, -0.05) is 0 Å². The minimum absolute atomic E-state index is 0.245. The van der Waals surface area contributed by atoms with Crippen molar-refractivity contribution >= 4 is 23.2 Å². The molecule has 0 radical (unpaired) electrons. The lowest BCUT2D eigenvalue weighted by Gasteiger charge is -2.02. The first-order valence-corrected chi connectivity index (χ1v) is 7.04. The van der Waals surface area contributed by atoms with Crippen molar-refractivity contribution in [1.82, 2.24) is 9.97 Å². The maximum Gasteiger partial charge on any atom is 0.341 e. The Morgan fingerprint density at radius 2 is 2.27 bits per heavy atom. The first-order valence-electron chi connectivity index (χ1n) is 7.04. The van der Waals surface area contributed by atoms with Crippen LogP contribution in [0.2, 0.25) is 0 Å². The number of aromatic nitrogens is 2. The van der Waals surface area contributed by atoms with Gasteiger partial charge in [-0.15, -0.1) is 0 Å². The lowest BCUT2D eigenvalue weighted by Crippen LogP contribution is -2.10. The Bertz CT molecular complexity index is 710. The summed E-state index contributed by atoms with van der Waals surface area (Å²) in [5.74, 6) is -0.471. The van der Waals surface area contributed by atoms with Gasteiger partial charge in [0, 0.05) is 42.7 Å². The van der Waals surface area contributed by atoms with Crippen molar-refractivity contribution in [1.29, 1.82) is 0 Å². The fourth-order valence-corrected chi connectivity index (χ4v) is 1.85. The lowest BCUT2D eigenvalue weighted by atomic mass is 10.2. The van der Waals surface area contributed by atoms with E-state index >= 15 is 0 Å². The number of nitrogens with zero attached hydrogens (tertiary/aromatic N) is 3. The van der Waals surface area contributed by atoms with Crippen LogP contribution >= 0.6 is 0 Å². The molecular formula is C16H18N4O2. The van der Waals surface area contributed by atoms with Crippen molar-refractivity contribution in [2.45, 2.75) is 13.3 Å². The van der Waals surface area contributed by atoms with Crippen LogP contribution < -0.4 is 5.73 Å². The molecule has 2 heterocycles. The highest BCUT2D eigenvalue weighted by molar-refractivity contribution is 6.09. The average Bonchev–Trinajstić information content (AvgIpc) is 2.55. The Labute approximate surface area is 128 Å². The molecule has 2 aromatic rings. The lowest BCUT2D eigenvalue weighted by molar-refractivity contribution is -0.137. The summed E-state index contributed by atoms with van der Waals surface area (Å²) < 4.78 is 4.86. The molecule has 0 aliphatic rings. The molecule has 0 bridgehead atoms. The summed E-state index contributed by atoms with van der Waals surface area (Å²) in [6.45, 7) is 2.54. The standard InChI is InChI=1S/C16H18N4O2/c1-2-22-16(21)13(10-17)11-18-9-7-14-6-5-12-4-3-8-19-15(12)20-14/h3-6,8,10-11H,2,7,9,17H2,1H3. The third-order valence-electron chi connectivity index (χ3n) is 2.94. The summed E-state index contributed by atoms with van der Waals surface area (Å²) >= 11 is 0. The van der Waals surface area contributed by atoms with Gasteiger partial charge in [-0.25, -0.2) is 14.8 Å². The van der Waals surface area contributed by atoms with Crippen molar-refractivity contribution in [3.05, 3.63) is 47.9 Å². The van der Waals surface area contributed by atoms with Gasteiger partial charge in [0.15, 0.2) is 5.65 Å². The number of esters is 1. The van der Waals surface area contributed by atoms with Gasteiger partial charge < -0.3 is 10.5 Å². The zero-order chi connectivity index (χ0) is 15.8. The number of carbonyl (C=O) groups is 1. The number of aliphatic imine (C=N–C) groups is 1. The quantitative estimate of drug-likeness (QED) is 0.497. The van der Waals surface area contributed by atoms with E-state index in [1.807, 2.05) is 24.3 Å². The summed E-state index contributed by atoms with van der Waals surface area (Å²) in [5, 5.41) is 1.01. The zero-order valence-corrected chi connectivity index (χ0v) is 12.4. The predicted molar refractivity (Wildman–Crippen MR) is 85.5 cm³/mol. The molecule has 0 unspecified atom stereocenters. The molecule has 0 amide bonds. The van der Waals surface area contributed by atoms with Crippen LogP contribution in [0.15, 0.2) is 47.2 Å². The maximum absolute atomic E-state index is 11.5. The molecule has 114 valence electrons. The van der Waals surface area contributed by atoms with E-state index in [1.165, 1.54) is 12.4 Å². The van der Waals surface area contributed by atoms with Crippen LogP contribution in [-0.2, 0) is 16.0 Å². The van der Waals surface area contributed by atoms with E-state index in [4.69, 9.17) is 10.5 Å². The van der Waals surface area contributed by atoms with Gasteiger partial charge in [-0.05, 0) is 31.2 Å². The van der Waals surface area contributed by atoms with Crippen molar-refractivity contribution in [3.8, 4) is 0 Å². The van der Waals surface area contributed by atoms with Crippen molar-refractivity contribution in [2.75, 3.05) is 13.2 Å². The summed E-state index contributed by atoms with van der Waals surface area (Å²) in [6, 6.07) is 7.78. The zero-order valence-electron chi connectivity index (χ0n) is 12.4. The smallest absolute Gasteiger partial charge is 0.341 e. The van der Waals surface area contributed by atoms with Gasteiger partial charge in [0.25, 0.3) is 0 Å².